The van der Waals surface area contributed by atoms with Crippen LogP contribution in [0.3, 0.4) is 0 Å². The summed E-state index contributed by atoms with van der Waals surface area (Å²) in [5, 5.41) is 13.7. The van der Waals surface area contributed by atoms with Crippen molar-refractivity contribution in [3.05, 3.63) is 80.5 Å². The third-order valence-corrected chi connectivity index (χ3v) is 3.37. The van der Waals surface area contributed by atoms with Crippen LogP contribution in [-0.4, -0.2) is 16.7 Å². The van der Waals surface area contributed by atoms with Crippen molar-refractivity contribution in [2.75, 3.05) is 0 Å². The molecule has 0 radical (unpaired) electrons. The van der Waals surface area contributed by atoms with Gasteiger partial charge in [-0.2, -0.15) is 0 Å². The van der Waals surface area contributed by atoms with Gasteiger partial charge in [0.25, 0.3) is 17.5 Å². The summed E-state index contributed by atoms with van der Waals surface area (Å²) in [6.07, 6.45) is 1.28. The number of nitrogens with one attached hydrogen (secondary N) is 2. The van der Waals surface area contributed by atoms with Gasteiger partial charge in [0.15, 0.2) is 0 Å². The van der Waals surface area contributed by atoms with E-state index in [0.29, 0.717) is 10.6 Å². The highest BCUT2D eigenvalue weighted by molar-refractivity contribution is 6.30. The Labute approximate surface area is 147 Å². The van der Waals surface area contributed by atoms with Crippen molar-refractivity contribution in [1.82, 2.24) is 10.7 Å². The van der Waals surface area contributed by atoms with Gasteiger partial charge in [-0.25, -0.2) is 5.84 Å². The van der Waals surface area contributed by atoms with Crippen molar-refractivity contribution in [3.8, 4) is 0 Å². The van der Waals surface area contributed by atoms with Gasteiger partial charge in [-0.15, -0.1) is 0 Å². The molecule has 0 saturated carbocycles. The summed E-state index contributed by atoms with van der Waals surface area (Å²) in [5.74, 6) is 3.81. The van der Waals surface area contributed by atoms with Gasteiger partial charge in [0.2, 0.25) is 0 Å². The van der Waals surface area contributed by atoms with Gasteiger partial charge in [-0.1, -0.05) is 23.7 Å². The molecule has 2 aromatic carbocycles. The SMILES string of the molecule is NNC(=O)/C(=C\c1cccc([N+](=O)[O-])c1)NC(=O)c1ccc(Cl)cc1. The lowest BCUT2D eigenvalue weighted by molar-refractivity contribution is -0.384. The molecule has 0 aliphatic rings. The molecule has 128 valence electrons. The summed E-state index contributed by atoms with van der Waals surface area (Å²) in [7, 11) is 0. The fraction of sp³-hybridized carbons (Fsp3) is 0. The van der Waals surface area contributed by atoms with Crippen LogP contribution in [0.25, 0.3) is 6.08 Å². The molecule has 0 heterocycles. The maximum atomic E-state index is 12.2. The van der Waals surface area contributed by atoms with Crippen molar-refractivity contribution >= 4 is 35.2 Å². The second-order valence-corrected chi connectivity index (χ2v) is 5.28. The number of amides is 2. The number of benzene rings is 2. The predicted octanol–water partition coefficient (Wildman–Crippen LogP) is 2.01. The number of nitro groups is 1. The van der Waals surface area contributed by atoms with Crippen LogP contribution in [0.5, 0.6) is 0 Å². The number of carbonyl (C=O) groups excluding carboxylic acids is 2. The molecule has 2 aromatic rings. The van der Waals surface area contributed by atoms with Gasteiger partial charge in [0.05, 0.1) is 4.92 Å². The van der Waals surface area contributed by atoms with Gasteiger partial charge in [0, 0.05) is 22.7 Å². The summed E-state index contributed by atoms with van der Waals surface area (Å²) in [6.45, 7) is 0. The fourth-order valence-corrected chi connectivity index (χ4v) is 2.05. The number of hydrogen-bond acceptors (Lipinski definition) is 5. The van der Waals surface area contributed by atoms with E-state index in [9.17, 15) is 19.7 Å². The van der Waals surface area contributed by atoms with Crippen molar-refractivity contribution in [2.45, 2.75) is 0 Å². The van der Waals surface area contributed by atoms with Gasteiger partial charge < -0.3 is 5.32 Å². The third kappa shape index (κ3) is 4.87. The van der Waals surface area contributed by atoms with Crippen LogP contribution in [0.2, 0.25) is 5.02 Å². The van der Waals surface area contributed by atoms with Crippen molar-refractivity contribution < 1.29 is 14.5 Å². The molecular formula is C16H13ClN4O4. The minimum Gasteiger partial charge on any atom is -0.317 e. The van der Waals surface area contributed by atoms with Crippen molar-refractivity contribution in [2.24, 2.45) is 5.84 Å². The van der Waals surface area contributed by atoms with Crippen LogP contribution in [0, 0.1) is 10.1 Å². The van der Waals surface area contributed by atoms with Crippen LogP contribution in [0.15, 0.2) is 54.2 Å². The molecule has 4 N–H and O–H groups in total. The van der Waals surface area contributed by atoms with E-state index in [1.165, 1.54) is 48.5 Å². The highest BCUT2D eigenvalue weighted by Crippen LogP contribution is 2.16. The summed E-state index contributed by atoms with van der Waals surface area (Å²) < 4.78 is 0. The zero-order chi connectivity index (χ0) is 18.4. The van der Waals surface area contributed by atoms with Crippen LogP contribution in [0.4, 0.5) is 5.69 Å². The molecule has 0 aliphatic heterocycles. The summed E-state index contributed by atoms with van der Waals surface area (Å²) in [4.78, 5) is 34.4. The minimum atomic E-state index is -0.756. The van der Waals surface area contributed by atoms with Crippen LogP contribution in [0.1, 0.15) is 15.9 Å². The quantitative estimate of drug-likeness (QED) is 0.247. The van der Waals surface area contributed by atoms with E-state index < -0.39 is 16.7 Å². The summed E-state index contributed by atoms with van der Waals surface area (Å²) in [5.41, 5.74) is 2.23. The zero-order valence-corrected chi connectivity index (χ0v) is 13.5. The second-order valence-electron chi connectivity index (χ2n) is 4.84. The second kappa shape index (κ2) is 8.04. The Morgan fingerprint density at radius 1 is 1.16 bits per heavy atom. The topological polar surface area (TPSA) is 127 Å². The number of carbonyl (C=O) groups is 2. The van der Waals surface area contributed by atoms with E-state index in [-0.39, 0.29) is 16.9 Å². The first-order valence-electron chi connectivity index (χ1n) is 6.94. The average Bonchev–Trinajstić information content (AvgIpc) is 2.61. The number of hydrazine groups is 1. The lowest BCUT2D eigenvalue weighted by Gasteiger charge is -2.09. The summed E-state index contributed by atoms with van der Waals surface area (Å²) in [6, 6.07) is 11.6. The van der Waals surface area contributed by atoms with E-state index >= 15 is 0 Å². The molecule has 0 fully saturated rings. The van der Waals surface area contributed by atoms with Crippen LogP contribution in [-0.2, 0) is 4.79 Å². The molecule has 0 bridgehead atoms. The number of hydrogen-bond donors (Lipinski definition) is 3. The van der Waals surface area contributed by atoms with Crippen LogP contribution >= 0.6 is 11.6 Å². The Balaban J connectivity index is 2.31. The monoisotopic (exact) mass is 360 g/mol. The van der Waals surface area contributed by atoms with E-state index in [1.807, 2.05) is 5.43 Å². The largest absolute Gasteiger partial charge is 0.317 e. The first-order valence-corrected chi connectivity index (χ1v) is 7.32. The number of non-ortho nitro benzene ring substituents is 1. The van der Waals surface area contributed by atoms with Gasteiger partial charge in [-0.05, 0) is 35.9 Å². The molecule has 0 saturated heterocycles. The molecular weight excluding hydrogens is 348 g/mol. The zero-order valence-electron chi connectivity index (χ0n) is 12.7. The standard InChI is InChI=1S/C16H13ClN4O4/c17-12-6-4-11(5-7-12)15(22)19-14(16(23)20-18)9-10-2-1-3-13(8-10)21(24)25/h1-9H,18H2,(H,19,22)(H,20,23)/b14-9+. The molecule has 9 heteroatoms. The molecule has 0 atom stereocenters. The molecule has 8 nitrogen and oxygen atoms in total. The predicted molar refractivity (Wildman–Crippen MR) is 92.3 cm³/mol. The fourth-order valence-electron chi connectivity index (χ4n) is 1.93. The first kappa shape index (κ1) is 18.1. The van der Waals surface area contributed by atoms with Gasteiger partial charge in [0.1, 0.15) is 5.70 Å². The lowest BCUT2D eigenvalue weighted by atomic mass is 10.1. The van der Waals surface area contributed by atoms with Gasteiger partial charge >= 0.3 is 0 Å². The molecule has 2 rings (SSSR count). The number of halogens is 1. The average molecular weight is 361 g/mol. The molecule has 0 spiro atoms. The Hall–Kier alpha value is -3.23. The van der Waals surface area contributed by atoms with Crippen LogP contribution < -0.4 is 16.6 Å². The first-order chi connectivity index (χ1) is 11.9. The van der Waals surface area contributed by atoms with E-state index in [4.69, 9.17) is 17.4 Å². The molecule has 2 amide bonds. The maximum Gasteiger partial charge on any atom is 0.281 e. The maximum absolute atomic E-state index is 12.2. The minimum absolute atomic E-state index is 0.148. The number of nitrogens with zero attached hydrogens (tertiary/aromatic N) is 1. The summed E-state index contributed by atoms with van der Waals surface area (Å²) >= 11 is 5.76. The molecule has 0 aromatic heterocycles. The Morgan fingerprint density at radius 2 is 1.84 bits per heavy atom. The van der Waals surface area contributed by atoms with E-state index in [2.05, 4.69) is 5.32 Å². The number of nitrogens with two attached hydrogens (primary N) is 1. The molecule has 25 heavy (non-hydrogen) atoms. The highest BCUT2D eigenvalue weighted by atomic mass is 35.5. The Morgan fingerprint density at radius 3 is 2.44 bits per heavy atom. The molecule has 0 unspecified atom stereocenters. The van der Waals surface area contributed by atoms with Crippen molar-refractivity contribution in [1.29, 1.82) is 0 Å². The van der Waals surface area contributed by atoms with E-state index in [1.54, 1.807) is 6.07 Å². The van der Waals surface area contributed by atoms with Gasteiger partial charge in [-0.3, -0.25) is 25.1 Å². The smallest absolute Gasteiger partial charge is 0.281 e. The van der Waals surface area contributed by atoms with Crippen molar-refractivity contribution in [3.63, 3.8) is 0 Å². The Bertz CT molecular complexity index is 849. The highest BCUT2D eigenvalue weighted by Gasteiger charge is 2.14. The number of rotatable bonds is 5. The molecule has 0 aliphatic carbocycles. The number of nitro benzene ring substituents is 1. The lowest BCUT2D eigenvalue weighted by Crippen LogP contribution is -2.38. The normalized spacial score (nSPS) is 10.9. The third-order valence-electron chi connectivity index (χ3n) is 3.12. The Kier molecular flexibility index (Phi) is 5.83. The van der Waals surface area contributed by atoms with E-state index in [0.717, 1.165) is 0 Å².